The van der Waals surface area contributed by atoms with Gasteiger partial charge in [0.15, 0.2) is 6.79 Å². The van der Waals surface area contributed by atoms with E-state index in [-0.39, 0.29) is 6.79 Å². The molecule has 3 heteroatoms. The van der Waals surface area contributed by atoms with E-state index in [1.807, 2.05) is 0 Å². The second-order valence-electron chi connectivity index (χ2n) is 9.14. The first-order chi connectivity index (χ1) is 17.3. The molecule has 0 saturated carbocycles. The van der Waals surface area contributed by atoms with Gasteiger partial charge in [0.1, 0.15) is 5.75 Å². The number of hydrogen-bond donors (Lipinski definition) is 0. The van der Waals surface area contributed by atoms with E-state index in [1.165, 1.54) is 56.9 Å². The highest BCUT2D eigenvalue weighted by molar-refractivity contribution is 5.83. The molecule has 35 heavy (non-hydrogen) atoms. The summed E-state index contributed by atoms with van der Waals surface area (Å²) >= 11 is 0. The van der Waals surface area contributed by atoms with E-state index in [2.05, 4.69) is 79.7 Å². The standard InChI is InChI=1S/C32H42O3/c1-3-4-5-6-7-8-9-12-17-27-24-30(28-18-13-10-14-19-28)32(35-26-34-23-22-33-2)31(25-27)29-20-15-11-16-21-29/h10-11,13-16,18-21,24-25H,3-9,12,17,22-23,26H2,1-2H3. The molecule has 0 aliphatic carbocycles. The molecule has 0 heterocycles. The number of unbranched alkanes of at least 4 members (excludes halogenated alkanes) is 7. The fourth-order valence-electron chi connectivity index (χ4n) is 4.42. The minimum absolute atomic E-state index is 0.195. The molecule has 0 amide bonds. The summed E-state index contributed by atoms with van der Waals surface area (Å²) in [6.45, 7) is 3.53. The average molecular weight is 475 g/mol. The summed E-state index contributed by atoms with van der Waals surface area (Å²) in [5.41, 5.74) is 5.93. The Morgan fingerprint density at radius 1 is 0.629 bits per heavy atom. The van der Waals surface area contributed by atoms with Gasteiger partial charge in [-0.3, -0.25) is 0 Å². The Bertz CT molecular complexity index is 893. The van der Waals surface area contributed by atoms with Crippen LogP contribution in [0.1, 0.15) is 63.9 Å². The van der Waals surface area contributed by atoms with Gasteiger partial charge in [0, 0.05) is 18.2 Å². The van der Waals surface area contributed by atoms with Crippen LogP contribution in [0.25, 0.3) is 22.3 Å². The molecule has 0 atom stereocenters. The number of hydrogen-bond acceptors (Lipinski definition) is 3. The Morgan fingerprint density at radius 2 is 1.17 bits per heavy atom. The van der Waals surface area contributed by atoms with Crippen molar-refractivity contribution in [2.45, 2.75) is 64.7 Å². The first-order valence-corrected chi connectivity index (χ1v) is 13.3. The molecular weight excluding hydrogens is 432 g/mol. The molecule has 0 unspecified atom stereocenters. The van der Waals surface area contributed by atoms with Gasteiger partial charge in [-0.15, -0.1) is 0 Å². The molecule has 0 aliphatic rings. The van der Waals surface area contributed by atoms with Crippen molar-refractivity contribution in [1.82, 2.24) is 0 Å². The lowest BCUT2D eigenvalue weighted by Crippen LogP contribution is -2.09. The highest BCUT2D eigenvalue weighted by Crippen LogP contribution is 2.40. The highest BCUT2D eigenvalue weighted by Gasteiger charge is 2.16. The second kappa shape index (κ2) is 16.1. The molecule has 0 aromatic heterocycles. The monoisotopic (exact) mass is 474 g/mol. The van der Waals surface area contributed by atoms with Crippen LogP contribution >= 0.6 is 0 Å². The Hall–Kier alpha value is -2.62. The van der Waals surface area contributed by atoms with Crippen molar-refractivity contribution in [2.75, 3.05) is 27.1 Å². The lowest BCUT2D eigenvalue weighted by molar-refractivity contribution is -0.00797. The number of benzene rings is 3. The van der Waals surface area contributed by atoms with E-state index >= 15 is 0 Å². The van der Waals surface area contributed by atoms with Crippen LogP contribution in [0.15, 0.2) is 72.8 Å². The quantitative estimate of drug-likeness (QED) is 0.145. The minimum atomic E-state index is 0.195. The van der Waals surface area contributed by atoms with Crippen molar-refractivity contribution in [3.05, 3.63) is 78.4 Å². The van der Waals surface area contributed by atoms with Crippen LogP contribution < -0.4 is 4.74 Å². The van der Waals surface area contributed by atoms with Gasteiger partial charge in [-0.05, 0) is 41.7 Å². The molecule has 0 aliphatic heterocycles. The minimum Gasteiger partial charge on any atom is -0.466 e. The third-order valence-electron chi connectivity index (χ3n) is 6.36. The van der Waals surface area contributed by atoms with E-state index in [0.29, 0.717) is 13.2 Å². The predicted octanol–water partition coefficient (Wildman–Crippen LogP) is 8.70. The van der Waals surface area contributed by atoms with E-state index in [0.717, 1.165) is 34.4 Å². The topological polar surface area (TPSA) is 27.7 Å². The van der Waals surface area contributed by atoms with E-state index in [1.54, 1.807) is 7.11 Å². The zero-order valence-corrected chi connectivity index (χ0v) is 21.6. The van der Waals surface area contributed by atoms with Crippen LogP contribution in [0.4, 0.5) is 0 Å². The summed E-state index contributed by atoms with van der Waals surface area (Å²) in [6.07, 6.45) is 11.7. The first-order valence-electron chi connectivity index (χ1n) is 13.3. The highest BCUT2D eigenvalue weighted by atomic mass is 16.7. The van der Waals surface area contributed by atoms with Crippen LogP contribution in [-0.2, 0) is 15.9 Å². The maximum absolute atomic E-state index is 6.29. The molecule has 0 fully saturated rings. The average Bonchev–Trinajstić information content (AvgIpc) is 2.91. The van der Waals surface area contributed by atoms with Crippen LogP contribution in [0.5, 0.6) is 5.75 Å². The molecular formula is C32H42O3. The fourth-order valence-corrected chi connectivity index (χ4v) is 4.42. The number of methoxy groups -OCH3 is 1. The third-order valence-corrected chi connectivity index (χ3v) is 6.36. The number of rotatable bonds is 17. The summed E-state index contributed by atoms with van der Waals surface area (Å²) in [6, 6.07) is 25.7. The Morgan fingerprint density at radius 3 is 1.71 bits per heavy atom. The predicted molar refractivity (Wildman–Crippen MR) is 147 cm³/mol. The van der Waals surface area contributed by atoms with Gasteiger partial charge in [0.2, 0.25) is 0 Å². The summed E-state index contributed by atoms with van der Waals surface area (Å²) in [7, 11) is 1.68. The van der Waals surface area contributed by atoms with Gasteiger partial charge in [-0.1, -0.05) is 113 Å². The molecule has 0 N–H and O–H groups in total. The summed E-state index contributed by atoms with van der Waals surface area (Å²) in [4.78, 5) is 0. The lowest BCUT2D eigenvalue weighted by Gasteiger charge is -2.19. The Labute approximate surface area is 212 Å². The zero-order valence-electron chi connectivity index (χ0n) is 21.6. The molecule has 0 saturated heterocycles. The molecule has 188 valence electrons. The van der Waals surface area contributed by atoms with Crippen molar-refractivity contribution in [3.8, 4) is 28.0 Å². The largest absolute Gasteiger partial charge is 0.466 e. The van der Waals surface area contributed by atoms with Crippen LogP contribution in [0.2, 0.25) is 0 Å². The molecule has 0 spiro atoms. The molecule has 3 nitrogen and oxygen atoms in total. The van der Waals surface area contributed by atoms with Crippen molar-refractivity contribution in [2.24, 2.45) is 0 Å². The van der Waals surface area contributed by atoms with Gasteiger partial charge in [-0.25, -0.2) is 0 Å². The van der Waals surface area contributed by atoms with Crippen LogP contribution in [0, 0.1) is 0 Å². The Balaban J connectivity index is 1.81. The maximum Gasteiger partial charge on any atom is 0.189 e. The van der Waals surface area contributed by atoms with Gasteiger partial charge < -0.3 is 14.2 Å². The van der Waals surface area contributed by atoms with E-state index in [9.17, 15) is 0 Å². The maximum atomic E-state index is 6.29. The van der Waals surface area contributed by atoms with E-state index in [4.69, 9.17) is 14.2 Å². The van der Waals surface area contributed by atoms with Gasteiger partial charge >= 0.3 is 0 Å². The molecule has 3 rings (SSSR count). The van der Waals surface area contributed by atoms with Crippen molar-refractivity contribution >= 4 is 0 Å². The fraction of sp³-hybridized carbons (Fsp3) is 0.438. The lowest BCUT2D eigenvalue weighted by atomic mass is 9.92. The summed E-state index contributed by atoms with van der Waals surface area (Å²) in [5.74, 6) is 0.875. The van der Waals surface area contributed by atoms with Crippen molar-refractivity contribution in [1.29, 1.82) is 0 Å². The number of ether oxygens (including phenoxy) is 3. The molecule has 3 aromatic carbocycles. The van der Waals surface area contributed by atoms with Gasteiger partial charge in [0.25, 0.3) is 0 Å². The van der Waals surface area contributed by atoms with Crippen LogP contribution in [-0.4, -0.2) is 27.1 Å². The third kappa shape index (κ3) is 9.16. The smallest absolute Gasteiger partial charge is 0.189 e. The second-order valence-corrected chi connectivity index (χ2v) is 9.14. The summed E-state index contributed by atoms with van der Waals surface area (Å²) in [5, 5.41) is 0. The Kier molecular flexibility index (Phi) is 12.4. The van der Waals surface area contributed by atoms with Crippen molar-refractivity contribution < 1.29 is 14.2 Å². The van der Waals surface area contributed by atoms with Gasteiger partial charge in [-0.2, -0.15) is 0 Å². The van der Waals surface area contributed by atoms with Crippen molar-refractivity contribution in [3.63, 3.8) is 0 Å². The van der Waals surface area contributed by atoms with Gasteiger partial charge in [0.05, 0.1) is 13.2 Å². The van der Waals surface area contributed by atoms with Crippen LogP contribution in [0.3, 0.4) is 0 Å². The number of aryl methyl sites for hydroxylation is 1. The first kappa shape index (κ1) is 27.0. The summed E-state index contributed by atoms with van der Waals surface area (Å²) < 4.78 is 17.1. The van der Waals surface area contributed by atoms with E-state index < -0.39 is 0 Å². The molecule has 0 radical (unpaired) electrons. The SMILES string of the molecule is CCCCCCCCCCc1cc(-c2ccccc2)c(OCOCCOC)c(-c2ccccc2)c1. The molecule has 0 bridgehead atoms. The normalized spacial score (nSPS) is 11.0. The zero-order chi connectivity index (χ0) is 24.6. The molecule has 3 aromatic rings.